The Kier molecular flexibility index (Phi) is 7.63. The third-order valence-corrected chi connectivity index (χ3v) is 4.39. The van der Waals surface area contributed by atoms with Crippen molar-refractivity contribution < 1.29 is 9.53 Å². The number of rotatable bonds is 7. The third-order valence-electron chi connectivity index (χ3n) is 4.39. The molecule has 1 fully saturated rings. The number of carbonyl (C=O) groups excluding carboxylic acids is 1. The maximum atomic E-state index is 11.5. The predicted molar refractivity (Wildman–Crippen MR) is 91.2 cm³/mol. The summed E-state index contributed by atoms with van der Waals surface area (Å²) in [7, 11) is 4.38. The van der Waals surface area contributed by atoms with Crippen molar-refractivity contribution in [3.8, 4) is 0 Å². The molecule has 5 nitrogen and oxygen atoms in total. The van der Waals surface area contributed by atoms with Crippen LogP contribution in [0.5, 0.6) is 0 Å². The van der Waals surface area contributed by atoms with E-state index < -0.39 is 5.60 Å². The lowest BCUT2D eigenvalue weighted by atomic mass is 9.80. The Labute approximate surface area is 136 Å². The van der Waals surface area contributed by atoms with Crippen molar-refractivity contribution >= 4 is 6.09 Å². The summed E-state index contributed by atoms with van der Waals surface area (Å²) in [6.07, 6.45) is 7.19. The van der Waals surface area contributed by atoms with E-state index in [0.29, 0.717) is 12.1 Å². The van der Waals surface area contributed by atoms with Crippen LogP contribution >= 0.6 is 0 Å². The Morgan fingerprint density at radius 3 is 2.32 bits per heavy atom. The highest BCUT2D eigenvalue weighted by Gasteiger charge is 2.33. The SMILES string of the molecule is CN(C)C1(CNCCCNC(=O)OC(C)(C)C)CCCCC1. The van der Waals surface area contributed by atoms with Gasteiger partial charge in [0.15, 0.2) is 0 Å². The van der Waals surface area contributed by atoms with Crippen molar-refractivity contribution in [1.82, 2.24) is 15.5 Å². The van der Waals surface area contributed by atoms with Gasteiger partial charge in [0.1, 0.15) is 5.60 Å². The van der Waals surface area contributed by atoms with Gasteiger partial charge in [0, 0.05) is 18.6 Å². The molecular weight excluding hydrogens is 278 g/mol. The molecule has 0 aromatic heterocycles. The molecule has 0 heterocycles. The first-order chi connectivity index (χ1) is 10.3. The molecule has 0 atom stereocenters. The molecule has 1 amide bonds. The van der Waals surface area contributed by atoms with Gasteiger partial charge in [-0.2, -0.15) is 0 Å². The molecule has 0 aromatic carbocycles. The molecular formula is C17H35N3O2. The highest BCUT2D eigenvalue weighted by Crippen LogP contribution is 2.31. The smallest absolute Gasteiger partial charge is 0.407 e. The first-order valence-electron chi connectivity index (χ1n) is 8.60. The standard InChI is InChI=1S/C17H35N3O2/c1-16(2,3)22-15(21)19-13-9-12-18-14-17(20(4)5)10-7-6-8-11-17/h18H,6-14H2,1-5H3,(H,19,21). The topological polar surface area (TPSA) is 53.6 Å². The monoisotopic (exact) mass is 313 g/mol. The molecule has 1 aliphatic carbocycles. The van der Waals surface area contributed by atoms with Crippen molar-refractivity contribution in [2.45, 2.75) is 70.4 Å². The summed E-state index contributed by atoms with van der Waals surface area (Å²) >= 11 is 0. The van der Waals surface area contributed by atoms with E-state index in [2.05, 4.69) is 29.6 Å². The number of nitrogens with zero attached hydrogens (tertiary/aromatic N) is 1. The van der Waals surface area contributed by atoms with E-state index in [0.717, 1.165) is 19.5 Å². The van der Waals surface area contributed by atoms with E-state index in [4.69, 9.17) is 4.74 Å². The molecule has 0 saturated heterocycles. The minimum atomic E-state index is -0.429. The number of likely N-dealkylation sites (N-methyl/N-ethyl adjacent to an activating group) is 1. The van der Waals surface area contributed by atoms with Crippen LogP contribution in [-0.4, -0.2) is 55.9 Å². The van der Waals surface area contributed by atoms with E-state index in [-0.39, 0.29) is 6.09 Å². The van der Waals surface area contributed by atoms with Crippen LogP contribution in [0.4, 0.5) is 4.79 Å². The van der Waals surface area contributed by atoms with Gasteiger partial charge >= 0.3 is 6.09 Å². The number of amides is 1. The molecule has 1 saturated carbocycles. The van der Waals surface area contributed by atoms with Gasteiger partial charge in [0.2, 0.25) is 0 Å². The van der Waals surface area contributed by atoms with Gasteiger partial charge in [-0.05, 0) is 60.7 Å². The Bertz CT molecular complexity index is 331. The number of nitrogens with one attached hydrogen (secondary N) is 2. The fraction of sp³-hybridized carbons (Fsp3) is 0.941. The van der Waals surface area contributed by atoms with Crippen molar-refractivity contribution in [3.05, 3.63) is 0 Å². The number of carbonyl (C=O) groups is 1. The van der Waals surface area contributed by atoms with Gasteiger partial charge in [-0.1, -0.05) is 19.3 Å². The Balaban J connectivity index is 2.15. The minimum absolute atomic E-state index is 0.316. The second kappa shape index (κ2) is 8.73. The van der Waals surface area contributed by atoms with Crippen molar-refractivity contribution in [3.63, 3.8) is 0 Å². The van der Waals surface area contributed by atoms with Crippen LogP contribution in [0.3, 0.4) is 0 Å². The fourth-order valence-corrected chi connectivity index (χ4v) is 3.03. The van der Waals surface area contributed by atoms with E-state index in [9.17, 15) is 4.79 Å². The zero-order valence-electron chi connectivity index (χ0n) is 15.1. The van der Waals surface area contributed by atoms with Gasteiger partial charge in [-0.15, -0.1) is 0 Å². The lowest BCUT2D eigenvalue weighted by molar-refractivity contribution is 0.0527. The maximum Gasteiger partial charge on any atom is 0.407 e. The van der Waals surface area contributed by atoms with Gasteiger partial charge in [-0.25, -0.2) is 4.79 Å². The van der Waals surface area contributed by atoms with Crippen molar-refractivity contribution in [2.75, 3.05) is 33.7 Å². The van der Waals surface area contributed by atoms with Crippen LogP contribution < -0.4 is 10.6 Å². The molecule has 0 spiro atoms. The molecule has 0 radical (unpaired) electrons. The lowest BCUT2D eigenvalue weighted by Crippen LogP contribution is -2.53. The van der Waals surface area contributed by atoms with Crippen molar-refractivity contribution in [2.24, 2.45) is 0 Å². The average molecular weight is 313 g/mol. The van der Waals surface area contributed by atoms with E-state index in [1.807, 2.05) is 20.8 Å². The normalized spacial score (nSPS) is 18.3. The molecule has 1 aliphatic rings. The molecule has 1 rings (SSSR count). The quantitative estimate of drug-likeness (QED) is 0.710. The summed E-state index contributed by atoms with van der Waals surface area (Å²) in [5.41, 5.74) is -0.113. The van der Waals surface area contributed by atoms with Gasteiger partial charge in [-0.3, -0.25) is 0 Å². The molecule has 0 bridgehead atoms. The van der Waals surface area contributed by atoms with Crippen LogP contribution in [0.25, 0.3) is 0 Å². The number of hydrogen-bond donors (Lipinski definition) is 2. The summed E-state index contributed by atoms with van der Waals surface area (Å²) in [6.45, 7) is 8.23. The van der Waals surface area contributed by atoms with Crippen LogP contribution in [0.1, 0.15) is 59.3 Å². The highest BCUT2D eigenvalue weighted by molar-refractivity contribution is 5.67. The summed E-state index contributed by atoms with van der Waals surface area (Å²) in [5.74, 6) is 0. The van der Waals surface area contributed by atoms with E-state index >= 15 is 0 Å². The number of hydrogen-bond acceptors (Lipinski definition) is 4. The first-order valence-corrected chi connectivity index (χ1v) is 8.60. The summed E-state index contributed by atoms with van der Waals surface area (Å²) in [6, 6.07) is 0. The Morgan fingerprint density at radius 1 is 1.14 bits per heavy atom. The van der Waals surface area contributed by atoms with Crippen molar-refractivity contribution in [1.29, 1.82) is 0 Å². The van der Waals surface area contributed by atoms with E-state index in [1.54, 1.807) is 0 Å². The molecule has 5 heteroatoms. The molecule has 0 aliphatic heterocycles. The third kappa shape index (κ3) is 6.97. The zero-order chi connectivity index (χ0) is 16.6. The molecule has 0 unspecified atom stereocenters. The van der Waals surface area contributed by atoms with E-state index in [1.165, 1.54) is 32.1 Å². The maximum absolute atomic E-state index is 11.5. The van der Waals surface area contributed by atoms with Crippen LogP contribution in [0.2, 0.25) is 0 Å². The van der Waals surface area contributed by atoms with Crippen LogP contribution in [-0.2, 0) is 4.74 Å². The first kappa shape index (κ1) is 19.2. The summed E-state index contributed by atoms with van der Waals surface area (Å²) in [5, 5.41) is 6.36. The van der Waals surface area contributed by atoms with Gasteiger partial charge in [0.25, 0.3) is 0 Å². The second-order valence-corrected chi connectivity index (χ2v) is 7.64. The summed E-state index contributed by atoms with van der Waals surface area (Å²) in [4.78, 5) is 13.9. The average Bonchev–Trinajstić information content (AvgIpc) is 2.41. The summed E-state index contributed by atoms with van der Waals surface area (Å²) < 4.78 is 5.21. The lowest BCUT2D eigenvalue weighted by Gasteiger charge is -2.43. The van der Waals surface area contributed by atoms with Gasteiger partial charge < -0.3 is 20.3 Å². The fourth-order valence-electron chi connectivity index (χ4n) is 3.03. The Morgan fingerprint density at radius 2 is 1.77 bits per heavy atom. The molecule has 0 aromatic rings. The molecule has 2 N–H and O–H groups in total. The molecule has 130 valence electrons. The number of alkyl carbamates (subject to hydrolysis) is 1. The minimum Gasteiger partial charge on any atom is -0.444 e. The zero-order valence-corrected chi connectivity index (χ0v) is 15.1. The van der Waals surface area contributed by atoms with Crippen LogP contribution in [0.15, 0.2) is 0 Å². The van der Waals surface area contributed by atoms with Gasteiger partial charge in [0.05, 0.1) is 0 Å². The highest BCUT2D eigenvalue weighted by atomic mass is 16.6. The number of ether oxygens (including phenoxy) is 1. The largest absolute Gasteiger partial charge is 0.444 e. The molecule has 22 heavy (non-hydrogen) atoms. The predicted octanol–water partition coefficient (Wildman–Crippen LogP) is 2.76. The Hall–Kier alpha value is -0.810. The second-order valence-electron chi connectivity index (χ2n) is 7.64. The van der Waals surface area contributed by atoms with Crippen LogP contribution in [0, 0.1) is 0 Å².